The van der Waals surface area contributed by atoms with Crippen molar-refractivity contribution in [2.45, 2.75) is 24.5 Å². The fourth-order valence-corrected chi connectivity index (χ4v) is 6.74. The number of aromatic nitrogens is 1. The molecule has 1 aliphatic rings. The molecule has 1 atom stereocenters. The lowest BCUT2D eigenvalue weighted by atomic mass is 9.91. The summed E-state index contributed by atoms with van der Waals surface area (Å²) in [6.45, 7) is 5.98. The number of rotatable bonds is 6. The molecule has 0 radical (unpaired) electrons. The molecule has 164 valence electrons. The van der Waals surface area contributed by atoms with Gasteiger partial charge in [0.1, 0.15) is 5.25 Å². The van der Waals surface area contributed by atoms with Gasteiger partial charge in [-0.1, -0.05) is 66.7 Å². The third-order valence-corrected chi connectivity index (χ3v) is 8.61. The summed E-state index contributed by atoms with van der Waals surface area (Å²) in [7, 11) is -3.76. The van der Waals surface area contributed by atoms with Crippen LogP contribution in [0.4, 0.5) is 0 Å². The van der Waals surface area contributed by atoms with Crippen LogP contribution in [0.3, 0.4) is 0 Å². The van der Waals surface area contributed by atoms with Crippen LogP contribution in [0, 0.1) is 5.92 Å². The summed E-state index contributed by atoms with van der Waals surface area (Å²) in [5.41, 5.74) is 2.61. The van der Waals surface area contributed by atoms with Crippen LogP contribution >= 0.6 is 0 Å². The van der Waals surface area contributed by atoms with Crippen LogP contribution in [0.5, 0.6) is 0 Å². The van der Waals surface area contributed by atoms with Crippen molar-refractivity contribution in [1.29, 1.82) is 0 Å². The lowest BCUT2D eigenvalue weighted by molar-refractivity contribution is 0.373. The Labute approximate surface area is 189 Å². The Morgan fingerprint density at radius 3 is 2.44 bits per heavy atom. The van der Waals surface area contributed by atoms with Gasteiger partial charge in [0.2, 0.25) is 10.0 Å². The Hall–Kier alpha value is -2.89. The molecular weight excluding hydrogens is 416 g/mol. The number of nitrogens with zero attached hydrogens (tertiary/aromatic N) is 1. The molecule has 5 heteroatoms. The second-order valence-corrected chi connectivity index (χ2v) is 10.6. The minimum Gasteiger partial charge on any atom is -0.317 e. The zero-order valence-electron chi connectivity index (χ0n) is 18.1. The van der Waals surface area contributed by atoms with Gasteiger partial charge in [0.15, 0.2) is 0 Å². The van der Waals surface area contributed by atoms with Crippen LogP contribution < -0.4 is 5.32 Å². The first-order chi connectivity index (χ1) is 15.6. The van der Waals surface area contributed by atoms with Crippen LogP contribution in [0.2, 0.25) is 0 Å². The molecule has 5 rings (SSSR count). The van der Waals surface area contributed by atoms with Crippen LogP contribution in [0.1, 0.15) is 29.2 Å². The third-order valence-electron chi connectivity index (χ3n) is 6.67. The molecule has 1 aromatic heterocycles. The average Bonchev–Trinajstić information content (AvgIpc) is 3.20. The summed E-state index contributed by atoms with van der Waals surface area (Å²) in [5, 5.41) is 5.56. The first-order valence-electron chi connectivity index (χ1n) is 11.2. The van der Waals surface area contributed by atoms with Crippen molar-refractivity contribution in [3.8, 4) is 0 Å². The first kappa shape index (κ1) is 21.0. The van der Waals surface area contributed by atoms with E-state index in [0.29, 0.717) is 5.92 Å². The van der Waals surface area contributed by atoms with E-state index in [9.17, 15) is 8.42 Å². The van der Waals surface area contributed by atoms with Gasteiger partial charge in [0.25, 0.3) is 0 Å². The molecule has 0 bridgehead atoms. The Morgan fingerprint density at radius 2 is 1.66 bits per heavy atom. The van der Waals surface area contributed by atoms with Gasteiger partial charge in [0, 0.05) is 11.6 Å². The minimum atomic E-state index is -3.76. The van der Waals surface area contributed by atoms with Crippen molar-refractivity contribution >= 4 is 31.7 Å². The average molecular weight is 445 g/mol. The summed E-state index contributed by atoms with van der Waals surface area (Å²) in [6.07, 6.45) is 6.55. The van der Waals surface area contributed by atoms with E-state index in [1.165, 1.54) is 3.97 Å². The topological polar surface area (TPSA) is 51.1 Å². The highest BCUT2D eigenvalue weighted by atomic mass is 32.2. The minimum absolute atomic E-state index is 0.575. The van der Waals surface area contributed by atoms with Gasteiger partial charge >= 0.3 is 0 Å². The van der Waals surface area contributed by atoms with Crippen LogP contribution in [-0.4, -0.2) is 25.5 Å². The Balaban J connectivity index is 1.62. The van der Waals surface area contributed by atoms with Gasteiger partial charge in [-0.25, -0.2) is 12.4 Å². The van der Waals surface area contributed by atoms with Gasteiger partial charge in [0.05, 0.1) is 5.52 Å². The van der Waals surface area contributed by atoms with Crippen molar-refractivity contribution in [2.75, 3.05) is 13.1 Å². The SMILES string of the molecule is C=CC(c1cccc2ccccc12)S(=O)(=O)n1cc(CC2CCNCC2)c2ccccc21. The largest absolute Gasteiger partial charge is 0.317 e. The molecule has 1 saturated heterocycles. The molecule has 1 aliphatic heterocycles. The lowest BCUT2D eigenvalue weighted by Crippen LogP contribution is -2.28. The Kier molecular flexibility index (Phi) is 5.62. The van der Waals surface area contributed by atoms with E-state index >= 15 is 0 Å². The summed E-state index contributed by atoms with van der Waals surface area (Å²) >= 11 is 0. The maximum absolute atomic E-state index is 14.0. The number of fused-ring (bicyclic) bond motifs is 2. The van der Waals surface area contributed by atoms with Crippen LogP contribution in [0.25, 0.3) is 21.7 Å². The summed E-state index contributed by atoms with van der Waals surface area (Å²) in [6, 6.07) is 21.6. The van der Waals surface area contributed by atoms with Crippen molar-refractivity contribution in [1.82, 2.24) is 9.29 Å². The molecule has 1 unspecified atom stereocenters. The summed E-state index contributed by atoms with van der Waals surface area (Å²) in [4.78, 5) is 0. The van der Waals surface area contributed by atoms with Gasteiger partial charge in [-0.3, -0.25) is 0 Å². The van der Waals surface area contributed by atoms with Crippen molar-refractivity contribution in [2.24, 2.45) is 5.92 Å². The van der Waals surface area contributed by atoms with Crippen LogP contribution in [-0.2, 0) is 16.4 Å². The fourth-order valence-electron chi connectivity index (χ4n) is 5.02. The molecule has 3 aromatic carbocycles. The van der Waals surface area contributed by atoms with E-state index in [1.807, 2.05) is 72.9 Å². The fraction of sp³-hybridized carbons (Fsp3) is 0.259. The predicted molar refractivity (Wildman–Crippen MR) is 132 cm³/mol. The third kappa shape index (κ3) is 3.65. The molecule has 0 amide bonds. The van der Waals surface area contributed by atoms with E-state index in [1.54, 1.807) is 6.08 Å². The zero-order valence-corrected chi connectivity index (χ0v) is 18.9. The predicted octanol–water partition coefficient (Wildman–Crippen LogP) is 5.44. The second-order valence-electron chi connectivity index (χ2n) is 8.63. The number of piperidine rings is 1. The molecule has 4 nitrogen and oxygen atoms in total. The van der Waals surface area contributed by atoms with E-state index in [2.05, 4.69) is 11.9 Å². The maximum atomic E-state index is 14.0. The highest BCUT2D eigenvalue weighted by Crippen LogP contribution is 2.35. The highest BCUT2D eigenvalue weighted by molar-refractivity contribution is 7.90. The molecular formula is C27H28N2O2S. The van der Waals surface area contributed by atoms with Crippen molar-refractivity contribution in [3.05, 3.63) is 96.7 Å². The molecule has 1 N–H and O–H groups in total. The molecule has 0 saturated carbocycles. The number of para-hydroxylation sites is 1. The molecule has 1 fully saturated rings. The Morgan fingerprint density at radius 1 is 0.969 bits per heavy atom. The van der Waals surface area contributed by atoms with Crippen molar-refractivity contribution in [3.63, 3.8) is 0 Å². The van der Waals surface area contributed by atoms with E-state index < -0.39 is 15.3 Å². The number of hydrogen-bond acceptors (Lipinski definition) is 3. The normalized spacial score (nSPS) is 16.4. The van der Waals surface area contributed by atoms with E-state index in [0.717, 1.165) is 65.2 Å². The number of hydrogen-bond donors (Lipinski definition) is 1. The lowest BCUT2D eigenvalue weighted by Gasteiger charge is -2.22. The number of nitrogens with one attached hydrogen (secondary N) is 1. The summed E-state index contributed by atoms with van der Waals surface area (Å²) < 4.78 is 29.5. The number of benzene rings is 3. The zero-order chi connectivity index (χ0) is 22.1. The molecule has 2 heterocycles. The molecule has 0 spiro atoms. The van der Waals surface area contributed by atoms with E-state index in [4.69, 9.17) is 0 Å². The van der Waals surface area contributed by atoms with Crippen molar-refractivity contribution < 1.29 is 8.42 Å². The van der Waals surface area contributed by atoms with Gasteiger partial charge in [-0.15, -0.1) is 6.58 Å². The molecule has 32 heavy (non-hydrogen) atoms. The van der Waals surface area contributed by atoms with Gasteiger partial charge < -0.3 is 5.32 Å². The molecule has 0 aliphatic carbocycles. The van der Waals surface area contributed by atoms with Gasteiger partial charge in [-0.05, 0) is 66.2 Å². The van der Waals surface area contributed by atoms with E-state index in [-0.39, 0.29) is 0 Å². The standard InChI is InChI=1S/C27H28N2O2S/c1-2-27(25-12-7-9-21-8-3-4-10-23(21)25)32(30,31)29-19-22(18-20-14-16-28-17-15-20)24-11-5-6-13-26(24)29/h2-13,19-20,27-28H,1,14-18H2. The molecule has 4 aromatic rings. The van der Waals surface area contributed by atoms with Crippen LogP contribution in [0.15, 0.2) is 85.6 Å². The monoisotopic (exact) mass is 444 g/mol. The smallest absolute Gasteiger partial charge is 0.249 e. The highest BCUT2D eigenvalue weighted by Gasteiger charge is 2.30. The maximum Gasteiger partial charge on any atom is 0.249 e. The first-order valence-corrected chi connectivity index (χ1v) is 12.7. The Bertz CT molecular complexity index is 1380. The van der Waals surface area contributed by atoms with Gasteiger partial charge in [-0.2, -0.15) is 0 Å². The summed E-state index contributed by atoms with van der Waals surface area (Å²) in [5.74, 6) is 0.575. The quantitative estimate of drug-likeness (QED) is 0.403. The second kappa shape index (κ2) is 8.57.